The minimum atomic E-state index is -0.208. The summed E-state index contributed by atoms with van der Waals surface area (Å²) in [6.45, 7) is 5.66. The van der Waals surface area contributed by atoms with E-state index in [4.69, 9.17) is 21.6 Å². The molecule has 0 spiro atoms. The molecule has 27 heavy (non-hydrogen) atoms. The molecule has 2 heterocycles. The first-order chi connectivity index (χ1) is 12.9. The maximum Gasteiger partial charge on any atom is 0.151 e. The number of aryl methyl sites for hydroxylation is 1. The fourth-order valence-electron chi connectivity index (χ4n) is 3.58. The average Bonchev–Trinajstić information content (AvgIpc) is 3.22. The molecule has 1 aromatic rings. The molecule has 2 atom stereocenters. The van der Waals surface area contributed by atoms with Crippen molar-refractivity contribution < 1.29 is 4.74 Å². The summed E-state index contributed by atoms with van der Waals surface area (Å²) >= 11 is 0. The SMILES string of the molecule is CC(C)OC1=CC=C(N)C(C(=N)c2cc(N3CCC(N=CN)C3)nn2C)C1. The Balaban J connectivity index is 1.75. The van der Waals surface area contributed by atoms with Crippen molar-refractivity contribution in [2.75, 3.05) is 18.0 Å². The summed E-state index contributed by atoms with van der Waals surface area (Å²) in [7, 11) is 1.86. The second-order valence-corrected chi connectivity index (χ2v) is 7.33. The third-order valence-corrected chi connectivity index (χ3v) is 4.93. The molecule has 5 N–H and O–H groups in total. The number of hydrogen-bond acceptors (Lipinski definition) is 6. The number of nitrogens with zero attached hydrogens (tertiary/aromatic N) is 4. The van der Waals surface area contributed by atoms with Gasteiger partial charge in [-0.2, -0.15) is 5.10 Å². The van der Waals surface area contributed by atoms with Gasteiger partial charge in [-0.05, 0) is 32.4 Å². The van der Waals surface area contributed by atoms with Crippen LogP contribution < -0.4 is 16.4 Å². The molecule has 8 heteroatoms. The molecule has 0 amide bonds. The topological polar surface area (TPSA) is 119 Å². The highest BCUT2D eigenvalue weighted by Crippen LogP contribution is 2.29. The van der Waals surface area contributed by atoms with Gasteiger partial charge in [-0.3, -0.25) is 9.67 Å². The number of aliphatic imine (C=N–C) groups is 1. The van der Waals surface area contributed by atoms with Gasteiger partial charge >= 0.3 is 0 Å². The summed E-state index contributed by atoms with van der Waals surface area (Å²) in [6, 6.07) is 2.17. The van der Waals surface area contributed by atoms with Crippen molar-refractivity contribution >= 4 is 17.9 Å². The Morgan fingerprint density at radius 2 is 2.22 bits per heavy atom. The van der Waals surface area contributed by atoms with E-state index in [0.29, 0.717) is 17.8 Å². The molecule has 1 aromatic heterocycles. The number of allylic oxidation sites excluding steroid dienone is 4. The molecule has 8 nitrogen and oxygen atoms in total. The van der Waals surface area contributed by atoms with Crippen LogP contribution in [0.3, 0.4) is 0 Å². The Morgan fingerprint density at radius 1 is 1.44 bits per heavy atom. The molecule has 1 saturated heterocycles. The van der Waals surface area contributed by atoms with Crippen LogP contribution in [0.15, 0.2) is 34.7 Å². The van der Waals surface area contributed by atoms with Crippen molar-refractivity contribution in [3.8, 4) is 0 Å². The van der Waals surface area contributed by atoms with Gasteiger partial charge in [-0.1, -0.05) is 0 Å². The average molecular weight is 371 g/mol. The molecule has 1 fully saturated rings. The summed E-state index contributed by atoms with van der Waals surface area (Å²) < 4.78 is 7.57. The van der Waals surface area contributed by atoms with Gasteiger partial charge in [0.05, 0.1) is 35.6 Å². The fraction of sp³-hybridized carbons (Fsp3) is 0.526. The van der Waals surface area contributed by atoms with Crippen molar-refractivity contribution in [3.05, 3.63) is 35.4 Å². The monoisotopic (exact) mass is 371 g/mol. The Labute approximate surface area is 160 Å². The maximum atomic E-state index is 8.73. The van der Waals surface area contributed by atoms with E-state index in [1.54, 1.807) is 4.68 Å². The van der Waals surface area contributed by atoms with Crippen LogP contribution in [0.4, 0.5) is 5.82 Å². The van der Waals surface area contributed by atoms with Crippen LogP contribution >= 0.6 is 0 Å². The van der Waals surface area contributed by atoms with Crippen molar-refractivity contribution in [2.24, 2.45) is 29.4 Å². The molecule has 0 saturated carbocycles. The van der Waals surface area contributed by atoms with Crippen LogP contribution in [-0.2, 0) is 11.8 Å². The van der Waals surface area contributed by atoms with Crippen LogP contribution in [0.25, 0.3) is 0 Å². The predicted molar refractivity (Wildman–Crippen MR) is 108 cm³/mol. The Kier molecular flexibility index (Phi) is 5.53. The van der Waals surface area contributed by atoms with E-state index in [-0.39, 0.29) is 18.1 Å². The normalized spacial score (nSPS) is 23.0. The van der Waals surface area contributed by atoms with E-state index in [2.05, 4.69) is 15.0 Å². The zero-order chi connectivity index (χ0) is 19.6. The second kappa shape index (κ2) is 7.85. The first kappa shape index (κ1) is 19.0. The number of aromatic nitrogens is 2. The number of anilines is 1. The highest BCUT2D eigenvalue weighted by atomic mass is 16.5. The van der Waals surface area contributed by atoms with Crippen LogP contribution in [-0.4, -0.2) is 47.1 Å². The lowest BCUT2D eigenvalue weighted by atomic mass is 9.89. The first-order valence-corrected chi connectivity index (χ1v) is 9.33. The molecule has 0 bridgehead atoms. The lowest BCUT2D eigenvalue weighted by Crippen LogP contribution is -2.27. The van der Waals surface area contributed by atoms with Gasteiger partial charge in [0.15, 0.2) is 5.82 Å². The number of hydrogen-bond donors (Lipinski definition) is 3. The van der Waals surface area contributed by atoms with Crippen LogP contribution in [0.5, 0.6) is 0 Å². The van der Waals surface area contributed by atoms with Crippen molar-refractivity contribution in [1.82, 2.24) is 9.78 Å². The van der Waals surface area contributed by atoms with E-state index >= 15 is 0 Å². The summed E-state index contributed by atoms with van der Waals surface area (Å²) in [6.07, 6.45) is 6.76. The van der Waals surface area contributed by atoms with Crippen LogP contribution in [0, 0.1) is 11.3 Å². The third-order valence-electron chi connectivity index (χ3n) is 4.93. The fourth-order valence-corrected chi connectivity index (χ4v) is 3.58. The van der Waals surface area contributed by atoms with E-state index in [0.717, 1.165) is 36.8 Å². The molecule has 0 aromatic carbocycles. The maximum absolute atomic E-state index is 8.73. The van der Waals surface area contributed by atoms with Crippen molar-refractivity contribution in [1.29, 1.82) is 5.41 Å². The molecular weight excluding hydrogens is 342 g/mol. The lowest BCUT2D eigenvalue weighted by molar-refractivity contribution is 0.136. The second-order valence-electron chi connectivity index (χ2n) is 7.33. The van der Waals surface area contributed by atoms with Gasteiger partial charge < -0.3 is 26.5 Å². The zero-order valence-electron chi connectivity index (χ0n) is 16.2. The lowest BCUT2D eigenvalue weighted by Gasteiger charge is -2.24. The molecular formula is C19H29N7O. The summed E-state index contributed by atoms with van der Waals surface area (Å²) in [5.74, 6) is 1.51. The van der Waals surface area contributed by atoms with E-state index in [9.17, 15) is 0 Å². The number of ether oxygens (including phenoxy) is 1. The first-order valence-electron chi connectivity index (χ1n) is 9.33. The van der Waals surface area contributed by atoms with Crippen molar-refractivity contribution in [2.45, 2.75) is 38.8 Å². The molecule has 2 aliphatic rings. The van der Waals surface area contributed by atoms with Crippen LogP contribution in [0.2, 0.25) is 0 Å². The Morgan fingerprint density at radius 3 is 2.93 bits per heavy atom. The van der Waals surface area contributed by atoms with Gasteiger partial charge in [-0.15, -0.1) is 0 Å². The van der Waals surface area contributed by atoms with E-state index in [1.807, 2.05) is 39.1 Å². The minimum Gasteiger partial charge on any atom is -0.495 e. The molecule has 3 rings (SSSR count). The van der Waals surface area contributed by atoms with Crippen LogP contribution in [0.1, 0.15) is 32.4 Å². The van der Waals surface area contributed by atoms with Gasteiger partial charge in [0.2, 0.25) is 0 Å². The van der Waals surface area contributed by atoms with E-state index in [1.165, 1.54) is 6.34 Å². The molecule has 0 radical (unpaired) electrons. The summed E-state index contributed by atoms with van der Waals surface area (Å²) in [5, 5.41) is 13.3. The third kappa shape index (κ3) is 4.15. The molecule has 1 aliphatic carbocycles. The molecule has 2 unspecified atom stereocenters. The predicted octanol–water partition coefficient (Wildman–Crippen LogP) is 1.53. The van der Waals surface area contributed by atoms with Gasteiger partial charge in [-0.25, -0.2) is 0 Å². The smallest absolute Gasteiger partial charge is 0.151 e. The van der Waals surface area contributed by atoms with Gasteiger partial charge in [0, 0.05) is 44.2 Å². The summed E-state index contributed by atoms with van der Waals surface area (Å²) in [5.41, 5.74) is 13.5. The van der Waals surface area contributed by atoms with Crippen molar-refractivity contribution in [3.63, 3.8) is 0 Å². The van der Waals surface area contributed by atoms with Gasteiger partial charge in [0.1, 0.15) is 0 Å². The summed E-state index contributed by atoms with van der Waals surface area (Å²) in [4.78, 5) is 6.45. The van der Waals surface area contributed by atoms with E-state index < -0.39 is 0 Å². The standard InChI is InChI=1S/C19H29N7O/c1-12(2)27-14-4-5-16(21)15(8-14)19(22)17-9-18(24-25(17)3)26-7-6-13(10-26)23-11-20/h4-5,9,11-13,15,22H,6-8,10,21H2,1-3H3,(H2,20,23). The number of nitrogens with one attached hydrogen (secondary N) is 1. The highest BCUT2D eigenvalue weighted by Gasteiger charge is 2.29. The zero-order valence-corrected chi connectivity index (χ0v) is 16.2. The highest BCUT2D eigenvalue weighted by molar-refractivity contribution is 6.01. The minimum absolute atomic E-state index is 0.0985. The van der Waals surface area contributed by atoms with Gasteiger partial charge in [0.25, 0.3) is 0 Å². The number of nitrogens with two attached hydrogens (primary N) is 2. The molecule has 1 aliphatic heterocycles. The quantitative estimate of drug-likeness (QED) is 0.517. The Hall–Kier alpha value is -2.77. The Bertz CT molecular complexity index is 790. The molecule has 146 valence electrons. The largest absolute Gasteiger partial charge is 0.495 e. The number of rotatable bonds is 6.